The molecule has 4 heteroatoms. The third-order valence-electron chi connectivity index (χ3n) is 3.32. The van der Waals surface area contributed by atoms with Gasteiger partial charge in [0.05, 0.1) is 0 Å². The van der Waals surface area contributed by atoms with E-state index in [1.165, 1.54) is 0 Å². The van der Waals surface area contributed by atoms with Gasteiger partial charge in [0.15, 0.2) is 0 Å². The number of nitrogens with one attached hydrogen (secondary N) is 1. The first-order valence-electron chi connectivity index (χ1n) is 6.72. The number of phenols is 1. The molecule has 3 nitrogen and oxygen atoms in total. The molecule has 0 radical (unpaired) electrons. The van der Waals surface area contributed by atoms with Crippen LogP contribution in [0.5, 0.6) is 5.75 Å². The Balaban J connectivity index is 2.61. The van der Waals surface area contributed by atoms with E-state index in [0.29, 0.717) is 23.6 Å². The molecule has 1 atom stereocenters. The molecule has 0 spiro atoms. The number of amides is 1. The summed E-state index contributed by atoms with van der Waals surface area (Å²) >= 11 is 3.45. The smallest absolute Gasteiger partial charge is 0.251 e. The Morgan fingerprint density at radius 2 is 2.16 bits per heavy atom. The van der Waals surface area contributed by atoms with Gasteiger partial charge in [0.1, 0.15) is 5.75 Å². The number of benzene rings is 1. The Labute approximate surface area is 123 Å². The number of hydrogen-bond acceptors (Lipinski definition) is 2. The molecule has 1 unspecified atom stereocenters. The number of alkyl halides is 1. The summed E-state index contributed by atoms with van der Waals surface area (Å²) in [6, 6.07) is 5.03. The Bertz CT molecular complexity index is 415. The number of phenolic OH excluding ortho intramolecular Hbond substituents is 1. The number of carbonyl (C=O) groups is 1. The molecule has 106 valence electrons. The maximum Gasteiger partial charge on any atom is 0.251 e. The molecule has 19 heavy (non-hydrogen) atoms. The Morgan fingerprint density at radius 3 is 2.79 bits per heavy atom. The lowest BCUT2D eigenvalue weighted by Gasteiger charge is -2.16. The maximum atomic E-state index is 12.1. The van der Waals surface area contributed by atoms with Crippen LogP contribution in [0.3, 0.4) is 0 Å². The molecular formula is C15H22BrNO2. The number of carbonyl (C=O) groups excluding carboxylic acids is 1. The van der Waals surface area contributed by atoms with Crippen molar-refractivity contribution in [2.24, 2.45) is 5.92 Å². The average Bonchev–Trinajstić information content (AvgIpc) is 2.39. The largest absolute Gasteiger partial charge is 0.508 e. The fourth-order valence-electron chi connectivity index (χ4n) is 2.11. The van der Waals surface area contributed by atoms with Crippen LogP contribution in [0, 0.1) is 12.8 Å². The Hall–Kier alpha value is -1.03. The van der Waals surface area contributed by atoms with Gasteiger partial charge in [-0.2, -0.15) is 0 Å². The van der Waals surface area contributed by atoms with E-state index in [2.05, 4.69) is 28.2 Å². The van der Waals surface area contributed by atoms with Crippen LogP contribution >= 0.6 is 15.9 Å². The molecule has 1 rings (SSSR count). The topological polar surface area (TPSA) is 49.3 Å². The van der Waals surface area contributed by atoms with E-state index in [0.717, 1.165) is 24.6 Å². The Kier molecular flexibility index (Phi) is 6.92. The van der Waals surface area contributed by atoms with Crippen molar-refractivity contribution in [1.29, 1.82) is 0 Å². The predicted octanol–water partition coefficient (Wildman–Crippen LogP) is 3.63. The van der Waals surface area contributed by atoms with Gasteiger partial charge in [0.25, 0.3) is 5.91 Å². The first-order valence-corrected chi connectivity index (χ1v) is 7.85. The second kappa shape index (κ2) is 8.20. The zero-order valence-corrected chi connectivity index (χ0v) is 13.2. The van der Waals surface area contributed by atoms with Gasteiger partial charge in [-0.15, -0.1) is 0 Å². The van der Waals surface area contributed by atoms with E-state index >= 15 is 0 Å². The van der Waals surface area contributed by atoms with Crippen molar-refractivity contribution >= 4 is 21.8 Å². The monoisotopic (exact) mass is 327 g/mol. The van der Waals surface area contributed by atoms with Gasteiger partial charge < -0.3 is 10.4 Å². The van der Waals surface area contributed by atoms with Gasteiger partial charge in [-0.05, 0) is 37.8 Å². The van der Waals surface area contributed by atoms with Gasteiger partial charge >= 0.3 is 0 Å². The van der Waals surface area contributed by atoms with Gasteiger partial charge in [0, 0.05) is 23.0 Å². The lowest BCUT2D eigenvalue weighted by atomic mass is 10.0. The third-order valence-corrected chi connectivity index (χ3v) is 3.77. The predicted molar refractivity (Wildman–Crippen MR) is 82.0 cm³/mol. The number of hydrogen-bond donors (Lipinski definition) is 2. The maximum absolute atomic E-state index is 12.1. The fraction of sp³-hybridized carbons (Fsp3) is 0.533. The second-order valence-electron chi connectivity index (χ2n) is 4.79. The minimum Gasteiger partial charge on any atom is -0.508 e. The third kappa shape index (κ3) is 4.86. The van der Waals surface area contributed by atoms with Crippen LogP contribution in [0.4, 0.5) is 0 Å². The minimum atomic E-state index is -0.107. The van der Waals surface area contributed by atoms with Crippen LogP contribution in [-0.2, 0) is 0 Å². The van der Waals surface area contributed by atoms with E-state index in [1.54, 1.807) is 25.1 Å². The van der Waals surface area contributed by atoms with Crippen molar-refractivity contribution in [2.75, 3.05) is 11.9 Å². The summed E-state index contributed by atoms with van der Waals surface area (Å²) in [6.07, 6.45) is 3.30. The molecule has 1 aromatic carbocycles. The highest BCUT2D eigenvalue weighted by atomic mass is 79.9. The number of halogens is 1. The highest BCUT2D eigenvalue weighted by Crippen LogP contribution is 2.19. The van der Waals surface area contributed by atoms with Crippen molar-refractivity contribution in [3.63, 3.8) is 0 Å². The normalized spacial score (nSPS) is 12.2. The van der Waals surface area contributed by atoms with Crippen LogP contribution in [0.25, 0.3) is 0 Å². The molecule has 0 saturated heterocycles. The number of aromatic hydroxyl groups is 1. The van der Waals surface area contributed by atoms with Crippen LogP contribution in [0.2, 0.25) is 0 Å². The number of rotatable bonds is 7. The van der Waals surface area contributed by atoms with E-state index in [4.69, 9.17) is 0 Å². The molecule has 1 amide bonds. The molecule has 2 N–H and O–H groups in total. The molecule has 0 aliphatic carbocycles. The summed E-state index contributed by atoms with van der Waals surface area (Å²) < 4.78 is 0. The van der Waals surface area contributed by atoms with Crippen molar-refractivity contribution in [3.05, 3.63) is 29.3 Å². The van der Waals surface area contributed by atoms with E-state index in [1.807, 2.05) is 0 Å². The summed E-state index contributed by atoms with van der Waals surface area (Å²) in [5.41, 5.74) is 1.18. The summed E-state index contributed by atoms with van der Waals surface area (Å²) in [5, 5.41) is 13.5. The highest BCUT2D eigenvalue weighted by molar-refractivity contribution is 9.09. The summed E-state index contributed by atoms with van der Waals surface area (Å²) in [7, 11) is 0. The van der Waals surface area contributed by atoms with Crippen molar-refractivity contribution in [2.45, 2.75) is 33.1 Å². The van der Waals surface area contributed by atoms with Crippen LogP contribution in [0.1, 0.15) is 42.1 Å². The van der Waals surface area contributed by atoms with Gasteiger partial charge in [0.2, 0.25) is 0 Å². The SMILES string of the molecule is CCCC(CCBr)CNC(=O)c1cccc(O)c1C. The summed E-state index contributed by atoms with van der Waals surface area (Å²) in [5.74, 6) is 0.563. The molecule has 0 fully saturated rings. The summed E-state index contributed by atoms with van der Waals surface area (Å²) in [6.45, 7) is 4.60. The summed E-state index contributed by atoms with van der Waals surface area (Å²) in [4.78, 5) is 12.1. The van der Waals surface area contributed by atoms with Gasteiger partial charge in [-0.3, -0.25) is 4.79 Å². The van der Waals surface area contributed by atoms with Crippen LogP contribution < -0.4 is 5.32 Å². The van der Waals surface area contributed by atoms with Gasteiger partial charge in [-0.1, -0.05) is 35.3 Å². The molecular weight excluding hydrogens is 306 g/mol. The quantitative estimate of drug-likeness (QED) is 0.751. The standard InChI is InChI=1S/C15H22BrNO2/c1-3-5-12(8-9-16)10-17-15(19)13-6-4-7-14(18)11(13)2/h4,6-7,12,18H,3,5,8-10H2,1-2H3,(H,17,19). The Morgan fingerprint density at radius 1 is 1.42 bits per heavy atom. The van der Waals surface area contributed by atoms with Crippen LogP contribution in [0.15, 0.2) is 18.2 Å². The highest BCUT2D eigenvalue weighted by Gasteiger charge is 2.13. The average molecular weight is 328 g/mol. The molecule has 0 aromatic heterocycles. The fourth-order valence-corrected chi connectivity index (χ4v) is 2.76. The first-order chi connectivity index (χ1) is 9.10. The van der Waals surface area contributed by atoms with Crippen molar-refractivity contribution in [1.82, 2.24) is 5.32 Å². The first kappa shape index (κ1) is 16.0. The van der Waals surface area contributed by atoms with Crippen molar-refractivity contribution < 1.29 is 9.90 Å². The molecule has 0 saturated carbocycles. The molecule has 0 bridgehead atoms. The van der Waals surface area contributed by atoms with Crippen LogP contribution in [-0.4, -0.2) is 22.9 Å². The molecule has 1 aromatic rings. The lowest BCUT2D eigenvalue weighted by molar-refractivity contribution is 0.0945. The zero-order chi connectivity index (χ0) is 14.3. The van der Waals surface area contributed by atoms with E-state index in [9.17, 15) is 9.90 Å². The van der Waals surface area contributed by atoms with Crippen molar-refractivity contribution in [3.8, 4) is 5.75 Å². The molecule has 0 aliphatic rings. The minimum absolute atomic E-state index is 0.107. The molecule has 0 aliphatic heterocycles. The zero-order valence-electron chi connectivity index (χ0n) is 11.6. The molecule has 0 heterocycles. The van der Waals surface area contributed by atoms with Gasteiger partial charge in [-0.25, -0.2) is 0 Å². The van der Waals surface area contributed by atoms with E-state index < -0.39 is 0 Å². The van der Waals surface area contributed by atoms with E-state index in [-0.39, 0.29) is 11.7 Å². The second-order valence-corrected chi connectivity index (χ2v) is 5.59. The lowest BCUT2D eigenvalue weighted by Crippen LogP contribution is -2.30.